The molecule has 3 N–H and O–H groups in total. The normalized spacial score (nSPS) is 17.0. The zero-order valence-corrected chi connectivity index (χ0v) is 27.8. The zero-order chi connectivity index (χ0) is 33.7. The third kappa shape index (κ3) is 5.18. The molecule has 2 aliphatic heterocycles. The van der Waals surface area contributed by atoms with E-state index in [4.69, 9.17) is 9.41 Å². The van der Waals surface area contributed by atoms with Gasteiger partial charge in [0.2, 0.25) is 0 Å². The molecule has 2 atom stereocenters. The van der Waals surface area contributed by atoms with Crippen molar-refractivity contribution in [3.8, 4) is 11.1 Å². The van der Waals surface area contributed by atoms with Crippen LogP contribution >= 0.6 is 0 Å². The second-order valence-electron chi connectivity index (χ2n) is 13.3. The molecule has 8 aromatic rings. The standard InChI is InChI=1S/C46H34N4O/c1-2-11-31(12-3-1)44-48-45(50-46(49-44)34-23-18-29-10-4-5-13-33(29)26-34)32-21-19-30(20-22-32)35-24-25-38(37-15-7-6-14-36(35)37)40-27-47-28-42-43(40)39-16-8-9-17-41(39)51-42/h1-27,44,46-47,49H,28H2,(H,48,50). The van der Waals surface area contributed by atoms with Crippen molar-refractivity contribution in [2.45, 2.75) is 18.9 Å². The molecule has 7 aromatic carbocycles. The number of para-hydroxylation sites is 1. The maximum Gasteiger partial charge on any atom is 0.135 e. The maximum atomic E-state index is 6.27. The molecule has 10 rings (SSSR count). The number of nitrogens with one attached hydrogen (secondary N) is 3. The van der Waals surface area contributed by atoms with Gasteiger partial charge in [0.25, 0.3) is 0 Å². The highest BCUT2D eigenvalue weighted by atomic mass is 16.3. The average Bonchev–Trinajstić information content (AvgIpc) is 3.60. The Kier molecular flexibility index (Phi) is 7.03. The molecule has 51 heavy (non-hydrogen) atoms. The van der Waals surface area contributed by atoms with Crippen LogP contribution in [0.5, 0.6) is 0 Å². The lowest BCUT2D eigenvalue weighted by atomic mass is 9.88. The second kappa shape index (κ2) is 12.2. The largest absolute Gasteiger partial charge is 0.459 e. The van der Waals surface area contributed by atoms with Crippen LogP contribution in [-0.2, 0) is 6.54 Å². The SMILES string of the molecule is C1=C(c2ccc(-c3ccc(C4=NC(c5ccc6ccccc6c5)NC(c5ccccc5)N4)cc3)c3ccccc23)c2c(oc3ccccc23)CN1. The number of rotatable bonds is 5. The van der Waals surface area contributed by atoms with E-state index in [0.717, 1.165) is 50.4 Å². The van der Waals surface area contributed by atoms with E-state index < -0.39 is 0 Å². The van der Waals surface area contributed by atoms with Crippen LogP contribution in [0.15, 0.2) is 173 Å². The van der Waals surface area contributed by atoms with E-state index in [1.165, 1.54) is 38.2 Å². The van der Waals surface area contributed by atoms with E-state index in [1.54, 1.807) is 0 Å². The number of benzene rings is 7. The maximum absolute atomic E-state index is 6.27. The van der Waals surface area contributed by atoms with Crippen molar-refractivity contribution in [2.24, 2.45) is 4.99 Å². The van der Waals surface area contributed by atoms with E-state index in [2.05, 4.69) is 168 Å². The zero-order valence-electron chi connectivity index (χ0n) is 27.8. The number of hydrogen-bond donors (Lipinski definition) is 3. The number of nitrogens with zero attached hydrogens (tertiary/aromatic N) is 1. The number of amidine groups is 1. The lowest BCUT2D eigenvalue weighted by Crippen LogP contribution is -2.44. The highest BCUT2D eigenvalue weighted by Crippen LogP contribution is 2.41. The first kappa shape index (κ1) is 29.5. The van der Waals surface area contributed by atoms with Crippen LogP contribution in [0.1, 0.15) is 45.9 Å². The molecule has 5 heteroatoms. The predicted molar refractivity (Wildman–Crippen MR) is 208 cm³/mol. The van der Waals surface area contributed by atoms with Gasteiger partial charge in [-0.25, -0.2) is 4.99 Å². The minimum Gasteiger partial charge on any atom is -0.459 e. The van der Waals surface area contributed by atoms with Gasteiger partial charge >= 0.3 is 0 Å². The Balaban J connectivity index is 1.02. The number of hydrogen-bond acceptors (Lipinski definition) is 5. The molecular formula is C46H34N4O. The van der Waals surface area contributed by atoms with Gasteiger partial charge in [0.1, 0.15) is 29.5 Å². The Hall–Kier alpha value is -6.43. The number of aliphatic imine (C=N–C) groups is 1. The van der Waals surface area contributed by atoms with Crippen molar-refractivity contribution in [3.05, 3.63) is 198 Å². The molecule has 5 nitrogen and oxygen atoms in total. The molecule has 0 amide bonds. The first-order chi connectivity index (χ1) is 25.3. The number of furan rings is 1. The second-order valence-corrected chi connectivity index (χ2v) is 13.3. The van der Waals surface area contributed by atoms with Gasteiger partial charge < -0.3 is 15.1 Å². The molecule has 0 fully saturated rings. The predicted octanol–water partition coefficient (Wildman–Crippen LogP) is 10.2. The molecule has 244 valence electrons. The summed E-state index contributed by atoms with van der Waals surface area (Å²) in [6.07, 6.45) is 1.84. The summed E-state index contributed by atoms with van der Waals surface area (Å²) in [5.41, 5.74) is 10.1. The Bertz CT molecular complexity index is 2650. The third-order valence-electron chi connectivity index (χ3n) is 10.2. The van der Waals surface area contributed by atoms with Gasteiger partial charge in [0.15, 0.2) is 0 Å². The van der Waals surface area contributed by atoms with Crippen molar-refractivity contribution in [1.29, 1.82) is 0 Å². The summed E-state index contributed by atoms with van der Waals surface area (Å²) in [6, 6.07) is 55.9. The summed E-state index contributed by atoms with van der Waals surface area (Å²) in [4.78, 5) is 5.23. The van der Waals surface area contributed by atoms with Crippen molar-refractivity contribution in [1.82, 2.24) is 16.0 Å². The quantitative estimate of drug-likeness (QED) is 0.172. The Morgan fingerprint density at radius 3 is 2.10 bits per heavy atom. The van der Waals surface area contributed by atoms with Gasteiger partial charge in [0.05, 0.1) is 6.54 Å². The fourth-order valence-electron chi connectivity index (χ4n) is 7.71. The van der Waals surface area contributed by atoms with Crippen molar-refractivity contribution < 1.29 is 4.42 Å². The lowest BCUT2D eigenvalue weighted by molar-refractivity contribution is 0.409. The molecule has 0 spiro atoms. The summed E-state index contributed by atoms with van der Waals surface area (Å²) in [6.45, 7) is 0.682. The van der Waals surface area contributed by atoms with Crippen molar-refractivity contribution in [3.63, 3.8) is 0 Å². The molecular weight excluding hydrogens is 625 g/mol. The van der Waals surface area contributed by atoms with Gasteiger partial charge in [-0.15, -0.1) is 0 Å². The summed E-state index contributed by atoms with van der Waals surface area (Å²) in [5.74, 6) is 1.84. The van der Waals surface area contributed by atoms with Crippen LogP contribution in [0.2, 0.25) is 0 Å². The monoisotopic (exact) mass is 658 g/mol. The van der Waals surface area contributed by atoms with E-state index in [1.807, 2.05) is 12.1 Å². The van der Waals surface area contributed by atoms with Gasteiger partial charge in [-0.05, 0) is 61.5 Å². The van der Waals surface area contributed by atoms with Crippen LogP contribution in [0, 0.1) is 0 Å². The molecule has 3 heterocycles. The molecule has 2 unspecified atom stereocenters. The first-order valence-corrected chi connectivity index (χ1v) is 17.5. The summed E-state index contributed by atoms with van der Waals surface area (Å²) < 4.78 is 6.27. The molecule has 1 aromatic heterocycles. The van der Waals surface area contributed by atoms with Gasteiger partial charge in [0, 0.05) is 28.3 Å². The van der Waals surface area contributed by atoms with E-state index >= 15 is 0 Å². The van der Waals surface area contributed by atoms with Crippen LogP contribution in [-0.4, -0.2) is 5.84 Å². The average molecular weight is 659 g/mol. The third-order valence-corrected chi connectivity index (χ3v) is 10.2. The van der Waals surface area contributed by atoms with Crippen molar-refractivity contribution >= 4 is 43.9 Å². The Morgan fingerprint density at radius 1 is 0.569 bits per heavy atom. The molecule has 0 radical (unpaired) electrons. The van der Waals surface area contributed by atoms with Crippen LogP contribution in [0.3, 0.4) is 0 Å². The summed E-state index contributed by atoms with van der Waals surface area (Å²) in [5, 5.41) is 16.9. The first-order valence-electron chi connectivity index (χ1n) is 17.5. The highest BCUT2D eigenvalue weighted by Gasteiger charge is 2.26. The molecule has 0 saturated carbocycles. The van der Waals surface area contributed by atoms with Gasteiger partial charge in [-0.2, -0.15) is 0 Å². The smallest absolute Gasteiger partial charge is 0.135 e. The summed E-state index contributed by atoms with van der Waals surface area (Å²) >= 11 is 0. The van der Waals surface area contributed by atoms with Gasteiger partial charge in [-0.1, -0.05) is 146 Å². The van der Waals surface area contributed by atoms with Crippen LogP contribution < -0.4 is 16.0 Å². The fourth-order valence-corrected chi connectivity index (χ4v) is 7.71. The van der Waals surface area contributed by atoms with Crippen molar-refractivity contribution in [2.75, 3.05) is 0 Å². The fraction of sp³-hybridized carbons (Fsp3) is 0.0652. The number of fused-ring (bicyclic) bond motifs is 5. The molecule has 0 aliphatic carbocycles. The minimum atomic E-state index is -0.205. The lowest BCUT2D eigenvalue weighted by Gasteiger charge is -2.32. The van der Waals surface area contributed by atoms with Gasteiger partial charge in [-0.3, -0.25) is 5.32 Å². The van der Waals surface area contributed by atoms with E-state index in [-0.39, 0.29) is 12.3 Å². The van der Waals surface area contributed by atoms with E-state index in [9.17, 15) is 0 Å². The highest BCUT2D eigenvalue weighted by molar-refractivity contribution is 6.08. The topological polar surface area (TPSA) is 61.6 Å². The van der Waals surface area contributed by atoms with Crippen LogP contribution in [0.4, 0.5) is 0 Å². The summed E-state index contributed by atoms with van der Waals surface area (Å²) in [7, 11) is 0. The molecule has 2 aliphatic rings. The van der Waals surface area contributed by atoms with Crippen LogP contribution in [0.25, 0.3) is 49.2 Å². The molecule has 0 saturated heterocycles. The Morgan fingerprint density at radius 2 is 1.25 bits per heavy atom. The molecule has 0 bridgehead atoms. The van der Waals surface area contributed by atoms with E-state index in [0.29, 0.717) is 6.54 Å². The Labute approximate surface area is 296 Å². The minimum absolute atomic E-state index is 0.0946.